The van der Waals surface area contributed by atoms with Crippen LogP contribution in [0.4, 0.5) is 0 Å². The molecule has 10 aromatic rings. The monoisotopic (exact) mass is 726 g/mol. The second-order valence-electron chi connectivity index (χ2n) is 15.7. The number of nitrogens with zero attached hydrogens (tertiary/aromatic N) is 2. The predicted molar refractivity (Wildman–Crippen MR) is 239 cm³/mol. The Balaban J connectivity index is 1.15. The van der Waals surface area contributed by atoms with Gasteiger partial charge in [0.15, 0.2) is 5.82 Å². The minimum absolute atomic E-state index is 0.0525. The lowest BCUT2D eigenvalue weighted by atomic mass is 9.82. The average molecular weight is 727 g/mol. The van der Waals surface area contributed by atoms with E-state index in [9.17, 15) is 0 Å². The standard InChI is InChI=1S/C55H38N2/c1-55(2)49-23-13-12-21-44(49)48-33-40(29-31-50(48)55)42-19-10-11-22-45(42)51-34-52(57-54(56-51)38-26-24-36(25-27-38)35-14-4-3-5-15-35)53-43-20-9-7-17-39(43)32-47-41-18-8-6-16-37(41)28-30-46(47)53/h3-34H,1-2H3. The topological polar surface area (TPSA) is 25.8 Å². The lowest BCUT2D eigenvalue weighted by Gasteiger charge is -2.21. The maximum Gasteiger partial charge on any atom is 0.160 e. The van der Waals surface area contributed by atoms with Gasteiger partial charge in [0.2, 0.25) is 0 Å². The summed E-state index contributed by atoms with van der Waals surface area (Å²) >= 11 is 0. The molecule has 9 aromatic carbocycles. The van der Waals surface area contributed by atoms with Gasteiger partial charge in [-0.15, -0.1) is 0 Å². The lowest BCUT2D eigenvalue weighted by molar-refractivity contribution is 0.660. The summed E-state index contributed by atoms with van der Waals surface area (Å²) in [7, 11) is 0. The van der Waals surface area contributed by atoms with Crippen molar-refractivity contribution in [1.29, 1.82) is 0 Å². The summed E-state index contributed by atoms with van der Waals surface area (Å²) in [5.74, 6) is 0.698. The van der Waals surface area contributed by atoms with Crippen LogP contribution in [0, 0.1) is 0 Å². The fourth-order valence-corrected chi connectivity index (χ4v) is 9.23. The normalized spacial score (nSPS) is 12.9. The van der Waals surface area contributed by atoms with Crippen LogP contribution >= 0.6 is 0 Å². The van der Waals surface area contributed by atoms with Crippen LogP contribution in [0.1, 0.15) is 25.0 Å². The highest BCUT2D eigenvalue weighted by Gasteiger charge is 2.35. The van der Waals surface area contributed by atoms with Crippen molar-refractivity contribution in [2.75, 3.05) is 0 Å². The van der Waals surface area contributed by atoms with Crippen molar-refractivity contribution in [3.63, 3.8) is 0 Å². The first-order chi connectivity index (χ1) is 28.0. The molecule has 57 heavy (non-hydrogen) atoms. The van der Waals surface area contributed by atoms with E-state index < -0.39 is 0 Å². The predicted octanol–water partition coefficient (Wildman–Crippen LogP) is 14.6. The number of hydrogen-bond donors (Lipinski definition) is 0. The largest absolute Gasteiger partial charge is 0.228 e. The van der Waals surface area contributed by atoms with Gasteiger partial charge < -0.3 is 0 Å². The number of rotatable bonds is 5. The van der Waals surface area contributed by atoms with E-state index >= 15 is 0 Å². The second-order valence-corrected chi connectivity index (χ2v) is 15.7. The molecule has 0 saturated heterocycles. The first-order valence-electron chi connectivity index (χ1n) is 19.7. The summed E-state index contributed by atoms with van der Waals surface area (Å²) in [6.07, 6.45) is 0. The number of hydrogen-bond acceptors (Lipinski definition) is 2. The van der Waals surface area contributed by atoms with E-state index in [2.05, 4.69) is 208 Å². The maximum atomic E-state index is 5.46. The third-order valence-corrected chi connectivity index (χ3v) is 12.1. The first kappa shape index (κ1) is 33.2. The van der Waals surface area contributed by atoms with Crippen molar-refractivity contribution in [2.45, 2.75) is 19.3 Å². The van der Waals surface area contributed by atoms with Crippen molar-refractivity contribution < 1.29 is 0 Å². The van der Waals surface area contributed by atoms with Crippen molar-refractivity contribution in [1.82, 2.24) is 9.97 Å². The Morgan fingerprint density at radius 2 is 0.930 bits per heavy atom. The summed E-state index contributed by atoms with van der Waals surface area (Å²) < 4.78 is 0. The van der Waals surface area contributed by atoms with Gasteiger partial charge in [-0.2, -0.15) is 0 Å². The molecule has 1 aliphatic carbocycles. The molecule has 0 aliphatic heterocycles. The molecule has 1 aromatic heterocycles. The highest BCUT2D eigenvalue weighted by Crippen LogP contribution is 2.50. The zero-order valence-corrected chi connectivity index (χ0v) is 31.9. The highest BCUT2D eigenvalue weighted by atomic mass is 14.9. The summed E-state index contributed by atoms with van der Waals surface area (Å²) in [4.78, 5) is 10.9. The SMILES string of the molecule is CC1(C)c2ccccc2-c2cc(-c3ccccc3-c3cc(-c4c5ccccc5cc5c4ccc4ccccc45)nc(-c4ccc(-c5ccccc5)cc4)n3)ccc21. The molecule has 2 heteroatoms. The van der Waals surface area contributed by atoms with Gasteiger partial charge in [-0.1, -0.05) is 190 Å². The van der Waals surface area contributed by atoms with Crippen LogP contribution in [-0.2, 0) is 5.41 Å². The molecular weight excluding hydrogens is 689 g/mol. The molecule has 0 radical (unpaired) electrons. The Labute approximate surface area is 332 Å². The van der Waals surface area contributed by atoms with Crippen LogP contribution in [-0.4, -0.2) is 9.97 Å². The van der Waals surface area contributed by atoms with E-state index in [1.54, 1.807) is 0 Å². The fraction of sp³-hybridized carbons (Fsp3) is 0.0545. The van der Waals surface area contributed by atoms with Crippen molar-refractivity contribution in [2.24, 2.45) is 0 Å². The zero-order valence-electron chi connectivity index (χ0n) is 31.9. The van der Waals surface area contributed by atoms with E-state index in [1.807, 2.05) is 0 Å². The van der Waals surface area contributed by atoms with Crippen molar-refractivity contribution in [3.05, 3.63) is 205 Å². The van der Waals surface area contributed by atoms with E-state index in [0.717, 1.165) is 39.2 Å². The Morgan fingerprint density at radius 1 is 0.333 bits per heavy atom. The minimum Gasteiger partial charge on any atom is -0.228 e. The molecule has 1 aliphatic rings. The molecule has 0 saturated carbocycles. The summed E-state index contributed by atoms with van der Waals surface area (Å²) in [5.41, 5.74) is 14.9. The zero-order chi connectivity index (χ0) is 38.1. The van der Waals surface area contributed by atoms with E-state index in [-0.39, 0.29) is 5.41 Å². The van der Waals surface area contributed by atoms with Crippen LogP contribution in [0.3, 0.4) is 0 Å². The second kappa shape index (κ2) is 13.0. The summed E-state index contributed by atoms with van der Waals surface area (Å²) in [6, 6.07) is 70.2. The van der Waals surface area contributed by atoms with Gasteiger partial charge in [0.25, 0.3) is 0 Å². The molecule has 0 spiro atoms. The van der Waals surface area contributed by atoms with Gasteiger partial charge in [0, 0.05) is 22.1 Å². The smallest absolute Gasteiger partial charge is 0.160 e. The molecule has 0 bridgehead atoms. The Kier molecular flexibility index (Phi) is 7.55. The van der Waals surface area contributed by atoms with E-state index in [4.69, 9.17) is 9.97 Å². The Hall–Kier alpha value is -7.16. The molecule has 268 valence electrons. The number of aromatic nitrogens is 2. The Morgan fingerprint density at radius 3 is 1.75 bits per heavy atom. The van der Waals surface area contributed by atoms with Gasteiger partial charge >= 0.3 is 0 Å². The maximum absolute atomic E-state index is 5.46. The van der Waals surface area contributed by atoms with Gasteiger partial charge in [-0.05, 0) is 95.0 Å². The quantitative estimate of drug-likeness (QED) is 0.130. The van der Waals surface area contributed by atoms with Crippen LogP contribution < -0.4 is 0 Å². The molecule has 11 rings (SSSR count). The van der Waals surface area contributed by atoms with Gasteiger partial charge in [0.1, 0.15) is 0 Å². The summed E-state index contributed by atoms with van der Waals surface area (Å²) in [5, 5.41) is 7.21. The Bertz CT molecular complexity index is 3190. The molecule has 0 amide bonds. The minimum atomic E-state index is -0.0525. The molecule has 2 nitrogen and oxygen atoms in total. The van der Waals surface area contributed by atoms with E-state index in [1.165, 1.54) is 65.7 Å². The van der Waals surface area contributed by atoms with Gasteiger partial charge in [-0.25, -0.2) is 9.97 Å². The number of fused-ring (bicyclic) bond motifs is 7. The molecule has 0 atom stereocenters. The third kappa shape index (κ3) is 5.40. The fourth-order valence-electron chi connectivity index (χ4n) is 9.23. The van der Waals surface area contributed by atoms with Gasteiger partial charge in [-0.3, -0.25) is 0 Å². The van der Waals surface area contributed by atoms with Crippen LogP contribution in [0.5, 0.6) is 0 Å². The summed E-state index contributed by atoms with van der Waals surface area (Å²) in [6.45, 7) is 4.67. The average Bonchev–Trinajstić information content (AvgIpc) is 3.51. The van der Waals surface area contributed by atoms with Crippen LogP contribution in [0.2, 0.25) is 0 Å². The molecule has 0 fully saturated rings. The lowest BCUT2D eigenvalue weighted by Crippen LogP contribution is -2.14. The third-order valence-electron chi connectivity index (χ3n) is 12.1. The van der Waals surface area contributed by atoms with Crippen LogP contribution in [0.15, 0.2) is 194 Å². The number of benzene rings is 9. The molecular formula is C55H38N2. The van der Waals surface area contributed by atoms with Gasteiger partial charge in [0.05, 0.1) is 11.4 Å². The van der Waals surface area contributed by atoms with E-state index in [0.29, 0.717) is 5.82 Å². The molecule has 1 heterocycles. The highest BCUT2D eigenvalue weighted by molar-refractivity contribution is 6.20. The molecule has 0 N–H and O–H groups in total. The van der Waals surface area contributed by atoms with Crippen molar-refractivity contribution in [3.8, 4) is 67.3 Å². The van der Waals surface area contributed by atoms with Crippen LogP contribution in [0.25, 0.3) is 99.6 Å². The molecule has 0 unspecified atom stereocenters. The van der Waals surface area contributed by atoms with Crippen molar-refractivity contribution >= 4 is 32.3 Å². The first-order valence-corrected chi connectivity index (χ1v) is 19.7.